The van der Waals surface area contributed by atoms with Crippen molar-refractivity contribution in [3.8, 4) is 11.8 Å². The first-order valence-corrected chi connectivity index (χ1v) is 9.02. The van der Waals surface area contributed by atoms with Crippen LogP contribution >= 0.6 is 0 Å². The van der Waals surface area contributed by atoms with E-state index in [1.54, 1.807) is 26.2 Å². The van der Waals surface area contributed by atoms with E-state index in [0.29, 0.717) is 12.4 Å². The molecular formula is C16H21NO4S. The van der Waals surface area contributed by atoms with E-state index in [2.05, 4.69) is 6.07 Å². The van der Waals surface area contributed by atoms with Gasteiger partial charge in [-0.25, -0.2) is 8.42 Å². The molecule has 0 unspecified atom stereocenters. The van der Waals surface area contributed by atoms with E-state index in [1.807, 2.05) is 19.1 Å². The summed E-state index contributed by atoms with van der Waals surface area (Å²) in [5.41, 5.74) is -0.150. The summed E-state index contributed by atoms with van der Waals surface area (Å²) in [5.74, 6) is 0.381. The minimum Gasteiger partial charge on any atom is -0.497 e. The first kappa shape index (κ1) is 16.8. The second-order valence-corrected chi connectivity index (χ2v) is 7.82. The molecular weight excluding hydrogens is 302 g/mol. The SMILES string of the molecule is CCOC[C@@]1(C#N)[C@H](S(=O)(=O)CC)[C@@H]1c1ccc(OC)cc1. The van der Waals surface area contributed by atoms with Crippen molar-refractivity contribution in [2.45, 2.75) is 25.0 Å². The van der Waals surface area contributed by atoms with Crippen molar-refractivity contribution in [1.29, 1.82) is 5.26 Å². The Kier molecular flexibility index (Phi) is 4.78. The molecule has 0 aromatic heterocycles. The Labute approximate surface area is 131 Å². The predicted molar refractivity (Wildman–Crippen MR) is 83.5 cm³/mol. The normalized spacial score (nSPS) is 27.2. The fourth-order valence-corrected chi connectivity index (χ4v) is 5.01. The molecule has 0 aliphatic heterocycles. The van der Waals surface area contributed by atoms with Crippen LogP contribution in [0.5, 0.6) is 5.75 Å². The minimum absolute atomic E-state index is 0.0277. The third-order valence-electron chi connectivity index (χ3n) is 4.27. The molecule has 0 amide bonds. The Morgan fingerprint density at radius 1 is 1.27 bits per heavy atom. The third kappa shape index (κ3) is 2.71. The van der Waals surface area contributed by atoms with Crippen molar-refractivity contribution in [2.75, 3.05) is 26.1 Å². The Morgan fingerprint density at radius 3 is 2.36 bits per heavy atom. The highest BCUT2D eigenvalue weighted by atomic mass is 32.2. The number of nitrogens with zero attached hydrogens (tertiary/aromatic N) is 1. The number of rotatable bonds is 7. The number of hydrogen-bond acceptors (Lipinski definition) is 5. The molecule has 1 aliphatic carbocycles. The molecule has 3 atom stereocenters. The summed E-state index contributed by atoms with van der Waals surface area (Å²) in [4.78, 5) is 0. The highest BCUT2D eigenvalue weighted by Crippen LogP contribution is 2.63. The third-order valence-corrected chi connectivity index (χ3v) is 6.54. The van der Waals surface area contributed by atoms with Crippen LogP contribution in [0.4, 0.5) is 0 Å². The largest absolute Gasteiger partial charge is 0.497 e. The molecule has 22 heavy (non-hydrogen) atoms. The van der Waals surface area contributed by atoms with Gasteiger partial charge in [-0.3, -0.25) is 0 Å². The number of methoxy groups -OCH3 is 1. The molecule has 0 heterocycles. The van der Waals surface area contributed by atoms with E-state index in [0.717, 1.165) is 5.56 Å². The molecule has 1 saturated carbocycles. The van der Waals surface area contributed by atoms with E-state index in [1.165, 1.54) is 0 Å². The summed E-state index contributed by atoms with van der Waals surface area (Å²) in [6, 6.07) is 9.44. The topological polar surface area (TPSA) is 76.4 Å². The summed E-state index contributed by atoms with van der Waals surface area (Å²) >= 11 is 0. The zero-order valence-electron chi connectivity index (χ0n) is 13.1. The summed E-state index contributed by atoms with van der Waals surface area (Å²) in [6.07, 6.45) is 0. The molecule has 0 N–H and O–H groups in total. The lowest BCUT2D eigenvalue weighted by molar-refractivity contribution is 0.117. The van der Waals surface area contributed by atoms with Crippen LogP contribution in [0.1, 0.15) is 25.3 Å². The first-order valence-electron chi connectivity index (χ1n) is 7.31. The van der Waals surface area contributed by atoms with E-state index < -0.39 is 20.5 Å². The van der Waals surface area contributed by atoms with Crippen LogP contribution in [0.15, 0.2) is 24.3 Å². The average molecular weight is 323 g/mol. The Bertz CT molecular complexity index is 662. The molecule has 1 fully saturated rings. The van der Waals surface area contributed by atoms with Crippen molar-refractivity contribution in [1.82, 2.24) is 0 Å². The van der Waals surface area contributed by atoms with E-state index >= 15 is 0 Å². The van der Waals surface area contributed by atoms with Gasteiger partial charge in [0.25, 0.3) is 0 Å². The monoisotopic (exact) mass is 323 g/mol. The van der Waals surface area contributed by atoms with E-state index in [-0.39, 0.29) is 18.3 Å². The van der Waals surface area contributed by atoms with Gasteiger partial charge in [-0.05, 0) is 24.6 Å². The van der Waals surface area contributed by atoms with E-state index in [9.17, 15) is 13.7 Å². The van der Waals surface area contributed by atoms with Gasteiger partial charge in [-0.1, -0.05) is 19.1 Å². The zero-order chi connectivity index (χ0) is 16.4. The van der Waals surface area contributed by atoms with Crippen LogP contribution in [0.25, 0.3) is 0 Å². The number of sulfone groups is 1. The van der Waals surface area contributed by atoms with Crippen LogP contribution in [0, 0.1) is 16.7 Å². The highest BCUT2D eigenvalue weighted by Gasteiger charge is 2.71. The van der Waals surface area contributed by atoms with Gasteiger partial charge in [0, 0.05) is 18.3 Å². The second-order valence-electron chi connectivity index (χ2n) is 5.41. The smallest absolute Gasteiger partial charge is 0.155 e. The lowest BCUT2D eigenvalue weighted by Crippen LogP contribution is -2.20. The lowest BCUT2D eigenvalue weighted by atomic mass is 10.0. The van der Waals surface area contributed by atoms with E-state index in [4.69, 9.17) is 9.47 Å². The molecule has 6 heteroatoms. The molecule has 0 saturated heterocycles. The summed E-state index contributed by atoms with van der Waals surface area (Å²) in [7, 11) is -1.75. The van der Waals surface area contributed by atoms with Crippen molar-refractivity contribution >= 4 is 9.84 Å². The number of nitriles is 1. The van der Waals surface area contributed by atoms with Crippen LogP contribution in [0.2, 0.25) is 0 Å². The fourth-order valence-electron chi connectivity index (χ4n) is 3.00. The molecule has 2 rings (SSSR count). The quantitative estimate of drug-likeness (QED) is 0.768. The zero-order valence-corrected chi connectivity index (χ0v) is 13.9. The maximum Gasteiger partial charge on any atom is 0.155 e. The maximum atomic E-state index is 12.4. The molecule has 0 spiro atoms. The molecule has 1 aromatic rings. The Balaban J connectivity index is 2.40. The van der Waals surface area contributed by atoms with Gasteiger partial charge in [0.1, 0.15) is 11.2 Å². The molecule has 120 valence electrons. The highest BCUT2D eigenvalue weighted by molar-refractivity contribution is 7.92. The molecule has 1 aliphatic rings. The lowest BCUT2D eigenvalue weighted by Gasteiger charge is -2.09. The van der Waals surface area contributed by atoms with Crippen LogP contribution in [0.3, 0.4) is 0 Å². The van der Waals surface area contributed by atoms with Gasteiger partial charge in [0.2, 0.25) is 0 Å². The summed E-state index contributed by atoms with van der Waals surface area (Å²) in [5, 5.41) is 8.93. The Hall–Kier alpha value is -1.58. The van der Waals surface area contributed by atoms with Gasteiger partial charge in [0.05, 0.1) is 25.0 Å². The van der Waals surface area contributed by atoms with Crippen molar-refractivity contribution < 1.29 is 17.9 Å². The second kappa shape index (κ2) is 6.27. The van der Waals surface area contributed by atoms with Gasteiger partial charge < -0.3 is 9.47 Å². The number of ether oxygens (including phenoxy) is 2. The molecule has 0 bridgehead atoms. The summed E-state index contributed by atoms with van der Waals surface area (Å²) < 4.78 is 35.3. The van der Waals surface area contributed by atoms with Gasteiger partial charge >= 0.3 is 0 Å². The average Bonchev–Trinajstić information content (AvgIpc) is 3.23. The molecule has 5 nitrogen and oxygen atoms in total. The molecule has 1 aromatic carbocycles. The summed E-state index contributed by atoms with van der Waals surface area (Å²) in [6.45, 7) is 4.04. The van der Waals surface area contributed by atoms with Gasteiger partial charge in [0.15, 0.2) is 9.84 Å². The fraction of sp³-hybridized carbons (Fsp3) is 0.562. The van der Waals surface area contributed by atoms with Crippen molar-refractivity contribution in [3.05, 3.63) is 29.8 Å². The molecule has 0 radical (unpaired) electrons. The van der Waals surface area contributed by atoms with Gasteiger partial charge in [-0.2, -0.15) is 5.26 Å². The maximum absolute atomic E-state index is 12.4. The first-order chi connectivity index (χ1) is 10.5. The minimum atomic E-state index is -3.32. The van der Waals surface area contributed by atoms with Gasteiger partial charge in [-0.15, -0.1) is 0 Å². The standard InChI is InChI=1S/C16H21NO4S/c1-4-21-11-16(10-17)14(15(16)22(18,19)5-2)12-6-8-13(20-3)9-7-12/h6-9,14-15H,4-5,11H2,1-3H3/t14-,15+,16+/m0/s1. The Morgan fingerprint density at radius 2 is 1.91 bits per heavy atom. The number of hydrogen-bond donors (Lipinski definition) is 0. The van der Waals surface area contributed by atoms with Crippen molar-refractivity contribution in [2.24, 2.45) is 5.41 Å². The van der Waals surface area contributed by atoms with Crippen LogP contribution in [-0.4, -0.2) is 39.7 Å². The predicted octanol–water partition coefficient (Wildman–Crippen LogP) is 2.14. The van der Waals surface area contributed by atoms with Crippen molar-refractivity contribution in [3.63, 3.8) is 0 Å². The number of benzene rings is 1. The van der Waals surface area contributed by atoms with Crippen LogP contribution < -0.4 is 4.74 Å². The van der Waals surface area contributed by atoms with Crippen LogP contribution in [-0.2, 0) is 14.6 Å².